The molecule has 3 atom stereocenters. The number of hydrogen-bond donors (Lipinski definition) is 1. The molecule has 194 valence electrons. The summed E-state index contributed by atoms with van der Waals surface area (Å²) in [5.74, 6) is 5.80. The average molecular weight is 508 g/mol. The predicted octanol–water partition coefficient (Wildman–Crippen LogP) is 7.47. The normalized spacial score (nSPS) is 20.2. The maximum atomic E-state index is 13.1. The van der Waals surface area contributed by atoms with Gasteiger partial charge >= 0.3 is 12.1 Å². The third kappa shape index (κ3) is 10.4. The zero-order valence-electron chi connectivity index (χ0n) is 21.5. The third-order valence-electron chi connectivity index (χ3n) is 6.59. The molecule has 1 aromatic carbocycles. The molecule has 35 heavy (non-hydrogen) atoms. The summed E-state index contributed by atoms with van der Waals surface area (Å²) in [4.78, 5) is 13.8. The lowest BCUT2D eigenvalue weighted by Gasteiger charge is -2.44. The van der Waals surface area contributed by atoms with Crippen molar-refractivity contribution in [2.75, 3.05) is 6.54 Å². The molecule has 0 amide bonds. The van der Waals surface area contributed by atoms with Crippen LogP contribution in [-0.2, 0) is 11.0 Å². The average Bonchev–Trinajstić information content (AvgIpc) is 2.76. The number of carbonyl (C=O) groups is 1. The van der Waals surface area contributed by atoms with E-state index in [9.17, 15) is 23.1 Å². The van der Waals surface area contributed by atoms with Gasteiger partial charge in [0, 0.05) is 39.9 Å². The van der Waals surface area contributed by atoms with Gasteiger partial charge in [-0.3, -0.25) is 9.69 Å². The summed E-state index contributed by atoms with van der Waals surface area (Å²) in [6.45, 7) is 9.31. The molecule has 2 rings (SSSR count). The standard InChI is InChI=1S/C28H40F3NO2Si/c1-27(2,3)16-8-6-5-7-9-24(15-18-35-4)32-17-14-21(20-26(33)34)19-25(32)22-10-12-23(13-11-22)28(29,30)31/h10-13,21,24-25H,5-7,9,14-15,17-20H2,1-4H3,(H,33,34)/t21-,24-,25+/m1/s1. The summed E-state index contributed by atoms with van der Waals surface area (Å²) < 4.78 is 39.4. The van der Waals surface area contributed by atoms with E-state index in [1.165, 1.54) is 0 Å². The van der Waals surface area contributed by atoms with Gasteiger partial charge in [0.1, 0.15) is 0 Å². The Kier molecular flexibility index (Phi) is 11.4. The van der Waals surface area contributed by atoms with Gasteiger partial charge in [0.05, 0.1) is 5.56 Å². The fraction of sp³-hybridized carbons (Fsp3) is 0.679. The number of unbranched alkanes of at least 4 members (excludes halogenated alkanes) is 2. The summed E-state index contributed by atoms with van der Waals surface area (Å²) >= 11 is 0. The molecule has 1 N–H and O–H groups in total. The topological polar surface area (TPSA) is 40.5 Å². The number of carboxylic acids is 1. The van der Waals surface area contributed by atoms with Crippen LogP contribution in [0.5, 0.6) is 0 Å². The molecule has 3 nitrogen and oxygen atoms in total. The summed E-state index contributed by atoms with van der Waals surface area (Å²) in [6.07, 6.45) is 2.29. The van der Waals surface area contributed by atoms with Crippen LogP contribution in [0.1, 0.15) is 89.3 Å². The van der Waals surface area contributed by atoms with E-state index in [0.717, 1.165) is 78.3 Å². The lowest BCUT2D eigenvalue weighted by Crippen LogP contribution is -2.44. The smallest absolute Gasteiger partial charge is 0.416 e. The van der Waals surface area contributed by atoms with Gasteiger partial charge in [-0.05, 0) is 83.0 Å². The van der Waals surface area contributed by atoms with Gasteiger partial charge in [0.15, 0.2) is 0 Å². The van der Waals surface area contributed by atoms with Crippen molar-refractivity contribution in [1.29, 1.82) is 0 Å². The minimum atomic E-state index is -4.36. The zero-order valence-corrected chi connectivity index (χ0v) is 22.5. The Morgan fingerprint density at radius 2 is 1.86 bits per heavy atom. The Balaban J connectivity index is 2.18. The maximum absolute atomic E-state index is 13.1. The predicted molar refractivity (Wildman–Crippen MR) is 136 cm³/mol. The first-order valence-electron chi connectivity index (χ1n) is 12.7. The zero-order chi connectivity index (χ0) is 26.1. The van der Waals surface area contributed by atoms with Gasteiger partial charge in [-0.1, -0.05) is 37.1 Å². The summed E-state index contributed by atoms with van der Waals surface area (Å²) in [5.41, 5.74) is 0.221. The van der Waals surface area contributed by atoms with Gasteiger partial charge in [0.25, 0.3) is 0 Å². The van der Waals surface area contributed by atoms with Crippen LogP contribution in [0.25, 0.3) is 0 Å². The first-order chi connectivity index (χ1) is 16.4. The van der Waals surface area contributed by atoms with E-state index < -0.39 is 17.7 Å². The third-order valence-corrected chi connectivity index (χ3v) is 7.38. The SMILES string of the molecule is C[Si]CC[C@@H](CCCCC#CC(C)(C)C)N1CC[C@@H](CC(=O)O)C[C@H]1c1ccc(C(F)(F)F)cc1. The van der Waals surface area contributed by atoms with Crippen LogP contribution in [0.15, 0.2) is 24.3 Å². The van der Waals surface area contributed by atoms with E-state index in [2.05, 4.69) is 44.1 Å². The minimum Gasteiger partial charge on any atom is -0.481 e. The Bertz CT molecular complexity index is 852. The molecular weight excluding hydrogens is 467 g/mol. The molecule has 0 aliphatic carbocycles. The van der Waals surface area contributed by atoms with Gasteiger partial charge in [-0.2, -0.15) is 13.2 Å². The van der Waals surface area contributed by atoms with Crippen LogP contribution in [0.2, 0.25) is 12.6 Å². The van der Waals surface area contributed by atoms with Gasteiger partial charge in [-0.25, -0.2) is 0 Å². The molecule has 1 aromatic rings. The van der Waals surface area contributed by atoms with E-state index in [0.29, 0.717) is 12.5 Å². The highest BCUT2D eigenvalue weighted by Gasteiger charge is 2.35. The number of hydrogen-bond acceptors (Lipinski definition) is 2. The maximum Gasteiger partial charge on any atom is 0.416 e. The fourth-order valence-electron chi connectivity index (χ4n) is 4.86. The molecule has 0 aromatic heterocycles. The van der Waals surface area contributed by atoms with Crippen molar-refractivity contribution in [3.63, 3.8) is 0 Å². The first-order valence-corrected chi connectivity index (χ1v) is 14.4. The molecule has 0 spiro atoms. The number of piperidine rings is 1. The lowest BCUT2D eigenvalue weighted by atomic mass is 9.83. The lowest BCUT2D eigenvalue weighted by molar-refractivity contribution is -0.139. The molecule has 1 saturated heterocycles. The van der Waals surface area contributed by atoms with Crippen molar-refractivity contribution in [2.24, 2.45) is 11.3 Å². The molecule has 1 aliphatic rings. The van der Waals surface area contributed by atoms with Crippen LogP contribution in [-0.4, -0.2) is 38.1 Å². The van der Waals surface area contributed by atoms with Crippen molar-refractivity contribution in [1.82, 2.24) is 4.90 Å². The number of benzene rings is 1. The second kappa shape index (κ2) is 13.5. The Morgan fingerprint density at radius 1 is 1.17 bits per heavy atom. The van der Waals surface area contributed by atoms with Gasteiger partial charge < -0.3 is 5.11 Å². The van der Waals surface area contributed by atoms with Crippen molar-refractivity contribution in [3.05, 3.63) is 35.4 Å². The van der Waals surface area contributed by atoms with E-state index in [1.807, 2.05) is 0 Å². The van der Waals surface area contributed by atoms with E-state index in [4.69, 9.17) is 0 Å². The molecule has 0 saturated carbocycles. The van der Waals surface area contributed by atoms with Gasteiger partial charge in [0.2, 0.25) is 0 Å². The van der Waals surface area contributed by atoms with E-state index >= 15 is 0 Å². The van der Waals surface area contributed by atoms with Crippen LogP contribution in [0.3, 0.4) is 0 Å². The number of alkyl halides is 3. The number of likely N-dealkylation sites (tertiary alicyclic amines) is 1. The summed E-state index contributed by atoms with van der Waals surface area (Å²) in [6, 6.07) is 6.91. The largest absolute Gasteiger partial charge is 0.481 e. The molecule has 1 aliphatic heterocycles. The van der Waals surface area contributed by atoms with Crippen molar-refractivity contribution in [2.45, 2.75) is 103 Å². The van der Waals surface area contributed by atoms with E-state index in [-0.39, 0.29) is 23.8 Å². The first kappa shape index (κ1) is 29.4. The Labute approximate surface area is 211 Å². The second-order valence-electron chi connectivity index (χ2n) is 10.7. The Morgan fingerprint density at radius 3 is 2.43 bits per heavy atom. The molecule has 7 heteroatoms. The molecule has 0 unspecified atom stereocenters. The molecule has 1 fully saturated rings. The monoisotopic (exact) mass is 507 g/mol. The Hall–Kier alpha value is -1.78. The number of halogens is 3. The highest BCUT2D eigenvalue weighted by molar-refractivity contribution is 6.33. The second-order valence-corrected chi connectivity index (χ2v) is 11.9. The van der Waals surface area contributed by atoms with Crippen molar-refractivity contribution < 1.29 is 23.1 Å². The number of rotatable bonds is 11. The summed E-state index contributed by atoms with van der Waals surface area (Å²) in [7, 11) is 0.854. The van der Waals surface area contributed by atoms with Crippen LogP contribution in [0, 0.1) is 23.2 Å². The minimum absolute atomic E-state index is 0.0137. The van der Waals surface area contributed by atoms with Gasteiger partial charge in [-0.15, -0.1) is 5.92 Å². The quantitative estimate of drug-likeness (QED) is 0.192. The molecule has 2 radical (unpaired) electrons. The van der Waals surface area contributed by atoms with Crippen molar-refractivity contribution in [3.8, 4) is 11.8 Å². The highest BCUT2D eigenvalue weighted by Crippen LogP contribution is 2.40. The number of carboxylic acid groups (broad SMARTS) is 1. The highest BCUT2D eigenvalue weighted by atomic mass is 28.2. The van der Waals surface area contributed by atoms with Crippen LogP contribution in [0.4, 0.5) is 13.2 Å². The van der Waals surface area contributed by atoms with E-state index in [1.54, 1.807) is 12.1 Å². The molecular formula is C28H40F3NO2Si. The van der Waals surface area contributed by atoms with Crippen molar-refractivity contribution >= 4 is 15.5 Å². The fourth-order valence-corrected chi connectivity index (χ4v) is 5.48. The molecule has 1 heterocycles. The van der Waals surface area contributed by atoms with Crippen LogP contribution < -0.4 is 0 Å². The molecule has 0 bridgehead atoms. The number of nitrogens with zero attached hydrogens (tertiary/aromatic N) is 1. The summed E-state index contributed by atoms with van der Waals surface area (Å²) in [5, 5.41) is 9.33. The number of aliphatic carboxylic acids is 1. The van der Waals surface area contributed by atoms with Crippen LogP contribution >= 0.6 is 0 Å².